The number of nitrogens with two attached hydrogens (primary N) is 1. The zero-order valence-electron chi connectivity index (χ0n) is 11.7. The van der Waals surface area contributed by atoms with E-state index in [1.165, 1.54) is 32.1 Å². The molecule has 0 radical (unpaired) electrons. The highest BCUT2D eigenvalue weighted by molar-refractivity contribution is 5.79. The van der Waals surface area contributed by atoms with E-state index in [1.807, 2.05) is 4.90 Å². The summed E-state index contributed by atoms with van der Waals surface area (Å²) in [7, 11) is 0. The number of rotatable bonds is 4. The van der Waals surface area contributed by atoms with Crippen molar-refractivity contribution in [2.75, 3.05) is 13.1 Å². The van der Waals surface area contributed by atoms with E-state index in [2.05, 4.69) is 6.92 Å². The third-order valence-corrected chi connectivity index (χ3v) is 4.70. The maximum Gasteiger partial charge on any atom is 0.225 e. The molecule has 1 aliphatic heterocycles. The zero-order chi connectivity index (χ0) is 13.0. The second-order valence-corrected chi connectivity index (χ2v) is 6.19. The smallest absolute Gasteiger partial charge is 0.225 e. The van der Waals surface area contributed by atoms with Crippen molar-refractivity contribution in [3.05, 3.63) is 0 Å². The maximum atomic E-state index is 12.3. The van der Waals surface area contributed by atoms with Crippen LogP contribution in [0, 0.1) is 11.8 Å². The number of carbonyl (C=O) groups excluding carboxylic acids is 1. The Morgan fingerprint density at radius 1 is 1.22 bits per heavy atom. The molecule has 0 aromatic carbocycles. The van der Waals surface area contributed by atoms with Crippen molar-refractivity contribution in [1.29, 1.82) is 0 Å². The SMILES string of the molecule is CCCCC1CCC(C(=O)N2CC[C@H](N)C2)CC1. The first-order chi connectivity index (χ1) is 8.70. The highest BCUT2D eigenvalue weighted by Gasteiger charge is 2.32. The third kappa shape index (κ3) is 3.47. The molecule has 18 heavy (non-hydrogen) atoms. The second-order valence-electron chi connectivity index (χ2n) is 6.19. The van der Waals surface area contributed by atoms with Crippen LogP contribution in [0.3, 0.4) is 0 Å². The van der Waals surface area contributed by atoms with Gasteiger partial charge in [0.2, 0.25) is 5.91 Å². The van der Waals surface area contributed by atoms with Crippen LogP contribution in [-0.2, 0) is 4.79 Å². The predicted octanol–water partition coefficient (Wildman–Crippen LogP) is 2.54. The first-order valence-electron chi connectivity index (χ1n) is 7.75. The topological polar surface area (TPSA) is 46.3 Å². The largest absolute Gasteiger partial charge is 0.341 e. The number of unbranched alkanes of at least 4 members (excludes halogenated alkanes) is 1. The van der Waals surface area contributed by atoms with Gasteiger partial charge < -0.3 is 10.6 Å². The Bertz CT molecular complexity index is 272. The molecule has 0 aromatic heterocycles. The average molecular weight is 252 g/mol. The van der Waals surface area contributed by atoms with Gasteiger partial charge in [-0.3, -0.25) is 4.79 Å². The van der Waals surface area contributed by atoms with Gasteiger partial charge in [-0.15, -0.1) is 0 Å². The normalized spacial score (nSPS) is 32.8. The Kier molecular flexibility index (Phi) is 5.04. The maximum absolute atomic E-state index is 12.3. The van der Waals surface area contributed by atoms with Gasteiger partial charge in [0.05, 0.1) is 0 Å². The van der Waals surface area contributed by atoms with Gasteiger partial charge in [-0.25, -0.2) is 0 Å². The molecule has 1 atom stereocenters. The van der Waals surface area contributed by atoms with Crippen LogP contribution >= 0.6 is 0 Å². The first kappa shape index (κ1) is 13.9. The summed E-state index contributed by atoms with van der Waals surface area (Å²) in [6, 6.07) is 0.217. The minimum atomic E-state index is 0.217. The molecule has 0 spiro atoms. The summed E-state index contributed by atoms with van der Waals surface area (Å²) in [6.45, 7) is 3.93. The van der Waals surface area contributed by atoms with E-state index < -0.39 is 0 Å². The number of hydrogen-bond donors (Lipinski definition) is 1. The van der Waals surface area contributed by atoms with Crippen molar-refractivity contribution >= 4 is 5.91 Å². The fourth-order valence-corrected chi connectivity index (χ4v) is 3.44. The standard InChI is InChI=1S/C15H28N2O/c1-2-3-4-12-5-7-13(8-6-12)15(18)17-10-9-14(16)11-17/h12-14H,2-11,16H2,1H3/t12?,13?,14-/m0/s1. The molecule has 2 rings (SSSR count). The van der Waals surface area contributed by atoms with Gasteiger partial charge >= 0.3 is 0 Å². The van der Waals surface area contributed by atoms with Gasteiger partial charge in [0.25, 0.3) is 0 Å². The van der Waals surface area contributed by atoms with Gasteiger partial charge in [0, 0.05) is 25.0 Å². The van der Waals surface area contributed by atoms with Crippen LogP contribution < -0.4 is 5.73 Å². The molecule has 3 nitrogen and oxygen atoms in total. The molecular formula is C15H28N2O. The molecule has 2 fully saturated rings. The Morgan fingerprint density at radius 3 is 2.50 bits per heavy atom. The van der Waals surface area contributed by atoms with Gasteiger partial charge in [-0.2, -0.15) is 0 Å². The lowest BCUT2D eigenvalue weighted by molar-refractivity contribution is -0.135. The zero-order valence-corrected chi connectivity index (χ0v) is 11.7. The van der Waals surface area contributed by atoms with Crippen LogP contribution in [0.1, 0.15) is 58.3 Å². The Labute approximate surface area is 111 Å². The lowest BCUT2D eigenvalue weighted by Gasteiger charge is -2.30. The molecule has 3 heteroatoms. The summed E-state index contributed by atoms with van der Waals surface area (Å²) in [5.74, 6) is 1.57. The van der Waals surface area contributed by atoms with Crippen LogP contribution in [0.15, 0.2) is 0 Å². The van der Waals surface area contributed by atoms with E-state index >= 15 is 0 Å². The van der Waals surface area contributed by atoms with E-state index in [0.717, 1.165) is 38.3 Å². The van der Waals surface area contributed by atoms with Crippen LogP contribution in [0.4, 0.5) is 0 Å². The number of nitrogens with zero attached hydrogens (tertiary/aromatic N) is 1. The molecule has 0 aromatic rings. The quantitative estimate of drug-likeness (QED) is 0.835. The lowest BCUT2D eigenvalue weighted by Crippen LogP contribution is -2.37. The predicted molar refractivity (Wildman–Crippen MR) is 74.1 cm³/mol. The average Bonchev–Trinajstić information content (AvgIpc) is 2.83. The van der Waals surface area contributed by atoms with Crippen molar-refractivity contribution in [3.63, 3.8) is 0 Å². The first-order valence-corrected chi connectivity index (χ1v) is 7.75. The molecule has 0 bridgehead atoms. The summed E-state index contributed by atoms with van der Waals surface area (Å²) < 4.78 is 0. The van der Waals surface area contributed by atoms with E-state index in [0.29, 0.717) is 11.8 Å². The molecule has 104 valence electrons. The van der Waals surface area contributed by atoms with Gasteiger partial charge in [-0.1, -0.05) is 26.2 Å². The van der Waals surface area contributed by atoms with Crippen molar-refractivity contribution in [2.45, 2.75) is 64.3 Å². The van der Waals surface area contributed by atoms with Crippen molar-refractivity contribution in [2.24, 2.45) is 17.6 Å². The second kappa shape index (κ2) is 6.55. The summed E-state index contributed by atoms with van der Waals surface area (Å²) in [5.41, 5.74) is 5.88. The number of likely N-dealkylation sites (tertiary alicyclic amines) is 1. The molecule has 2 N–H and O–H groups in total. The molecule has 1 amide bonds. The highest BCUT2D eigenvalue weighted by Crippen LogP contribution is 2.33. The molecule has 1 saturated heterocycles. The Morgan fingerprint density at radius 2 is 1.94 bits per heavy atom. The minimum absolute atomic E-state index is 0.217. The molecule has 1 aliphatic carbocycles. The fourth-order valence-electron chi connectivity index (χ4n) is 3.44. The Hall–Kier alpha value is -0.570. The highest BCUT2D eigenvalue weighted by atomic mass is 16.2. The lowest BCUT2D eigenvalue weighted by atomic mass is 9.79. The monoisotopic (exact) mass is 252 g/mol. The molecule has 1 saturated carbocycles. The van der Waals surface area contributed by atoms with Crippen LogP contribution in [-0.4, -0.2) is 29.9 Å². The number of carbonyl (C=O) groups is 1. The van der Waals surface area contributed by atoms with Crippen molar-refractivity contribution < 1.29 is 4.79 Å². The van der Waals surface area contributed by atoms with E-state index in [9.17, 15) is 4.79 Å². The van der Waals surface area contributed by atoms with E-state index in [-0.39, 0.29) is 6.04 Å². The summed E-state index contributed by atoms with van der Waals surface area (Å²) in [6.07, 6.45) is 9.74. The van der Waals surface area contributed by atoms with Crippen molar-refractivity contribution in [3.8, 4) is 0 Å². The van der Waals surface area contributed by atoms with Crippen molar-refractivity contribution in [1.82, 2.24) is 4.90 Å². The Balaban J connectivity index is 1.73. The van der Waals surface area contributed by atoms with Crippen LogP contribution in [0.25, 0.3) is 0 Å². The summed E-state index contributed by atoms with van der Waals surface area (Å²) >= 11 is 0. The van der Waals surface area contributed by atoms with Crippen LogP contribution in [0.2, 0.25) is 0 Å². The summed E-state index contributed by atoms with van der Waals surface area (Å²) in [4.78, 5) is 14.3. The summed E-state index contributed by atoms with van der Waals surface area (Å²) in [5, 5.41) is 0. The van der Waals surface area contributed by atoms with Gasteiger partial charge in [0.1, 0.15) is 0 Å². The molecule has 0 unspecified atom stereocenters. The molecule has 1 heterocycles. The van der Waals surface area contributed by atoms with Gasteiger partial charge in [0.15, 0.2) is 0 Å². The molecular weight excluding hydrogens is 224 g/mol. The molecule has 2 aliphatic rings. The van der Waals surface area contributed by atoms with E-state index in [4.69, 9.17) is 5.73 Å². The number of amides is 1. The van der Waals surface area contributed by atoms with Crippen LogP contribution in [0.5, 0.6) is 0 Å². The van der Waals surface area contributed by atoms with E-state index in [1.54, 1.807) is 0 Å². The fraction of sp³-hybridized carbons (Fsp3) is 0.933. The van der Waals surface area contributed by atoms with Gasteiger partial charge in [-0.05, 0) is 38.0 Å². The number of hydrogen-bond acceptors (Lipinski definition) is 2. The minimum Gasteiger partial charge on any atom is -0.341 e. The third-order valence-electron chi connectivity index (χ3n) is 4.70.